The van der Waals surface area contributed by atoms with Crippen molar-refractivity contribution in [2.45, 2.75) is 6.42 Å². The van der Waals surface area contributed by atoms with E-state index in [-0.39, 0.29) is 18.9 Å². The van der Waals surface area contributed by atoms with Crippen molar-refractivity contribution in [3.05, 3.63) is 36.0 Å². The second-order valence-electron chi connectivity index (χ2n) is 4.28. The van der Waals surface area contributed by atoms with E-state index in [0.717, 1.165) is 10.9 Å². The molecule has 0 saturated heterocycles. The Balaban J connectivity index is 2.04. The largest absolute Gasteiger partial charge is 0.468 e. The first kappa shape index (κ1) is 13.8. The summed E-state index contributed by atoms with van der Waals surface area (Å²) in [4.78, 5) is 26.9. The van der Waals surface area contributed by atoms with Crippen LogP contribution in [-0.2, 0) is 20.7 Å². The van der Waals surface area contributed by atoms with Crippen molar-refractivity contribution in [3.63, 3.8) is 0 Å². The number of anilines is 1. The summed E-state index contributed by atoms with van der Waals surface area (Å²) in [5, 5.41) is 3.39. The van der Waals surface area contributed by atoms with E-state index in [4.69, 9.17) is 5.73 Å². The van der Waals surface area contributed by atoms with E-state index >= 15 is 0 Å². The molecular weight excluding hydrogens is 258 g/mol. The lowest BCUT2D eigenvalue weighted by Crippen LogP contribution is -2.31. The lowest BCUT2D eigenvalue weighted by Gasteiger charge is -2.05. The Labute approximate surface area is 115 Å². The van der Waals surface area contributed by atoms with E-state index in [0.29, 0.717) is 11.4 Å². The monoisotopic (exact) mass is 273 g/mol. The van der Waals surface area contributed by atoms with Gasteiger partial charge >= 0.3 is 5.97 Å². The molecule has 0 aliphatic carbocycles. The zero-order valence-electron chi connectivity index (χ0n) is 11.1. The van der Waals surface area contributed by atoms with Crippen molar-refractivity contribution < 1.29 is 14.3 Å². The third-order valence-corrected chi connectivity index (χ3v) is 2.77. The molecule has 0 fully saturated rings. The Hall–Kier alpha value is -2.63. The number of fused-ring (bicyclic) bond motifs is 1. The number of esters is 1. The van der Waals surface area contributed by atoms with Crippen molar-refractivity contribution in [3.8, 4) is 0 Å². The summed E-state index contributed by atoms with van der Waals surface area (Å²) >= 11 is 0. The number of rotatable bonds is 4. The van der Waals surface area contributed by atoms with Crippen LogP contribution >= 0.6 is 0 Å². The predicted octanol–water partition coefficient (Wildman–Crippen LogP) is 0.649. The molecule has 0 saturated carbocycles. The van der Waals surface area contributed by atoms with Crippen molar-refractivity contribution in [1.82, 2.24) is 10.3 Å². The van der Waals surface area contributed by atoms with Gasteiger partial charge in [-0.15, -0.1) is 0 Å². The molecule has 104 valence electrons. The Bertz CT molecular complexity index is 655. The Morgan fingerprint density at radius 2 is 2.10 bits per heavy atom. The van der Waals surface area contributed by atoms with Crippen LogP contribution in [0.3, 0.4) is 0 Å². The van der Waals surface area contributed by atoms with Crippen LogP contribution in [0, 0.1) is 0 Å². The van der Waals surface area contributed by atoms with Crippen LogP contribution in [-0.4, -0.2) is 30.5 Å². The Kier molecular flexibility index (Phi) is 4.14. The number of carbonyl (C=O) groups is 2. The number of hydrogen-bond donors (Lipinski definition) is 2. The summed E-state index contributed by atoms with van der Waals surface area (Å²) < 4.78 is 4.44. The maximum Gasteiger partial charge on any atom is 0.325 e. The van der Waals surface area contributed by atoms with Gasteiger partial charge in [0.25, 0.3) is 0 Å². The van der Waals surface area contributed by atoms with Gasteiger partial charge in [0.15, 0.2) is 0 Å². The molecule has 0 atom stereocenters. The van der Waals surface area contributed by atoms with Gasteiger partial charge in [0, 0.05) is 11.1 Å². The van der Waals surface area contributed by atoms with Gasteiger partial charge in [-0.05, 0) is 24.3 Å². The van der Waals surface area contributed by atoms with Crippen molar-refractivity contribution >= 4 is 28.5 Å². The standard InChI is InChI=1S/C14H15N3O3/c1-20-14(19)8-16-13(18)7-11-4-2-9-6-10(15)3-5-12(9)17-11/h2-6H,7-8,15H2,1H3,(H,16,18). The lowest BCUT2D eigenvalue weighted by atomic mass is 10.1. The number of aromatic nitrogens is 1. The predicted molar refractivity (Wildman–Crippen MR) is 74.9 cm³/mol. The number of pyridine rings is 1. The highest BCUT2D eigenvalue weighted by molar-refractivity contribution is 5.85. The number of nitrogens with two attached hydrogens (primary N) is 1. The molecule has 6 heteroatoms. The van der Waals surface area contributed by atoms with Crippen LogP contribution < -0.4 is 11.1 Å². The minimum Gasteiger partial charge on any atom is -0.468 e. The second-order valence-corrected chi connectivity index (χ2v) is 4.28. The van der Waals surface area contributed by atoms with E-state index in [1.165, 1.54) is 7.11 Å². The van der Waals surface area contributed by atoms with Crippen LogP contribution in [0.25, 0.3) is 10.9 Å². The highest BCUT2D eigenvalue weighted by atomic mass is 16.5. The molecule has 1 aromatic carbocycles. The topological polar surface area (TPSA) is 94.3 Å². The van der Waals surface area contributed by atoms with Gasteiger partial charge in [0.05, 0.1) is 24.7 Å². The molecule has 3 N–H and O–H groups in total. The number of nitrogens with one attached hydrogen (secondary N) is 1. The Morgan fingerprint density at radius 3 is 2.85 bits per heavy atom. The van der Waals surface area contributed by atoms with Gasteiger partial charge in [0.1, 0.15) is 6.54 Å². The van der Waals surface area contributed by atoms with E-state index in [2.05, 4.69) is 15.0 Å². The van der Waals surface area contributed by atoms with Gasteiger partial charge in [-0.25, -0.2) is 0 Å². The van der Waals surface area contributed by atoms with Crippen LogP contribution in [0.2, 0.25) is 0 Å². The fourth-order valence-electron chi connectivity index (χ4n) is 1.75. The average Bonchev–Trinajstić information content (AvgIpc) is 2.45. The normalized spacial score (nSPS) is 10.2. The molecule has 20 heavy (non-hydrogen) atoms. The number of nitrogen functional groups attached to an aromatic ring is 1. The molecule has 1 aromatic heterocycles. The fraction of sp³-hybridized carbons (Fsp3) is 0.214. The molecule has 0 radical (unpaired) electrons. The highest BCUT2D eigenvalue weighted by Crippen LogP contribution is 2.16. The summed E-state index contributed by atoms with van der Waals surface area (Å²) in [6.07, 6.45) is 0.108. The molecule has 2 rings (SSSR count). The van der Waals surface area contributed by atoms with Crippen LogP contribution in [0.1, 0.15) is 5.69 Å². The van der Waals surface area contributed by atoms with E-state index < -0.39 is 5.97 Å². The minimum atomic E-state index is -0.486. The Morgan fingerprint density at radius 1 is 1.30 bits per heavy atom. The van der Waals surface area contributed by atoms with Crippen LogP contribution in [0.15, 0.2) is 30.3 Å². The number of hydrogen-bond acceptors (Lipinski definition) is 5. The molecule has 0 aliphatic rings. The first-order chi connectivity index (χ1) is 9.58. The zero-order chi connectivity index (χ0) is 14.5. The number of ether oxygens (including phenoxy) is 1. The summed E-state index contributed by atoms with van der Waals surface area (Å²) in [7, 11) is 1.27. The summed E-state index contributed by atoms with van der Waals surface area (Å²) in [6.45, 7) is -0.139. The average molecular weight is 273 g/mol. The van der Waals surface area contributed by atoms with Crippen LogP contribution in [0.5, 0.6) is 0 Å². The molecule has 1 heterocycles. The quantitative estimate of drug-likeness (QED) is 0.630. The van der Waals surface area contributed by atoms with Crippen molar-refractivity contribution in [1.29, 1.82) is 0 Å². The third-order valence-electron chi connectivity index (χ3n) is 2.77. The van der Waals surface area contributed by atoms with Crippen molar-refractivity contribution in [2.24, 2.45) is 0 Å². The smallest absolute Gasteiger partial charge is 0.325 e. The highest BCUT2D eigenvalue weighted by Gasteiger charge is 2.08. The van der Waals surface area contributed by atoms with Crippen molar-refractivity contribution in [2.75, 3.05) is 19.4 Å². The number of amides is 1. The van der Waals surface area contributed by atoms with Crippen LogP contribution in [0.4, 0.5) is 5.69 Å². The van der Waals surface area contributed by atoms with Gasteiger partial charge in [-0.1, -0.05) is 6.07 Å². The summed E-state index contributed by atoms with van der Waals surface area (Å²) in [5.74, 6) is -0.766. The number of carbonyl (C=O) groups excluding carboxylic acids is 2. The molecular formula is C14H15N3O3. The van der Waals surface area contributed by atoms with E-state index in [1.54, 1.807) is 18.2 Å². The number of benzene rings is 1. The molecule has 1 amide bonds. The lowest BCUT2D eigenvalue weighted by molar-refractivity contribution is -0.141. The number of methoxy groups -OCH3 is 1. The zero-order valence-corrected chi connectivity index (χ0v) is 11.1. The van der Waals surface area contributed by atoms with E-state index in [1.807, 2.05) is 12.1 Å². The number of nitrogens with zero attached hydrogens (tertiary/aromatic N) is 1. The summed E-state index contributed by atoms with van der Waals surface area (Å²) in [6, 6.07) is 9.02. The molecule has 0 unspecified atom stereocenters. The van der Waals surface area contributed by atoms with Gasteiger partial charge in [-0.2, -0.15) is 0 Å². The second kappa shape index (κ2) is 6.01. The molecule has 0 bridgehead atoms. The molecule has 6 nitrogen and oxygen atoms in total. The first-order valence-corrected chi connectivity index (χ1v) is 6.07. The third kappa shape index (κ3) is 3.44. The minimum absolute atomic E-state index is 0.108. The van der Waals surface area contributed by atoms with Gasteiger partial charge < -0.3 is 15.8 Å². The fourth-order valence-corrected chi connectivity index (χ4v) is 1.75. The first-order valence-electron chi connectivity index (χ1n) is 6.07. The molecule has 2 aromatic rings. The van der Waals surface area contributed by atoms with Gasteiger partial charge in [-0.3, -0.25) is 14.6 Å². The van der Waals surface area contributed by atoms with Gasteiger partial charge in [0.2, 0.25) is 5.91 Å². The SMILES string of the molecule is COC(=O)CNC(=O)Cc1ccc2cc(N)ccc2n1. The molecule has 0 spiro atoms. The van der Waals surface area contributed by atoms with E-state index in [9.17, 15) is 9.59 Å². The maximum absolute atomic E-state index is 11.6. The molecule has 0 aliphatic heterocycles. The maximum atomic E-state index is 11.6. The summed E-state index contributed by atoms with van der Waals surface area (Å²) in [5.41, 5.74) is 7.76.